The van der Waals surface area contributed by atoms with Crippen molar-refractivity contribution in [3.63, 3.8) is 0 Å². The first-order valence-corrected chi connectivity index (χ1v) is 7.08. The van der Waals surface area contributed by atoms with Crippen LogP contribution < -0.4 is 11.1 Å². The largest absolute Gasteiger partial charge is 0.377 e. The van der Waals surface area contributed by atoms with Gasteiger partial charge < -0.3 is 20.7 Å². The van der Waals surface area contributed by atoms with Gasteiger partial charge >= 0.3 is 0 Å². The van der Waals surface area contributed by atoms with E-state index in [0.717, 1.165) is 0 Å². The van der Waals surface area contributed by atoms with Crippen LogP contribution in [0, 0.1) is 5.41 Å². The molecular formula is C14H27N3O3. The van der Waals surface area contributed by atoms with Gasteiger partial charge in [0.25, 0.3) is 0 Å². The molecule has 1 fully saturated rings. The van der Waals surface area contributed by atoms with Crippen LogP contribution in [-0.2, 0) is 14.3 Å². The van der Waals surface area contributed by atoms with Crippen molar-refractivity contribution in [3.8, 4) is 0 Å². The summed E-state index contributed by atoms with van der Waals surface area (Å²) >= 11 is 0. The fraction of sp³-hybridized carbons (Fsp3) is 0.857. The van der Waals surface area contributed by atoms with Crippen LogP contribution in [0.1, 0.15) is 34.6 Å². The maximum Gasteiger partial charge on any atom is 0.245 e. The van der Waals surface area contributed by atoms with Gasteiger partial charge in [-0.15, -0.1) is 0 Å². The summed E-state index contributed by atoms with van der Waals surface area (Å²) in [6.45, 7) is 10.6. The van der Waals surface area contributed by atoms with Crippen molar-refractivity contribution in [1.29, 1.82) is 0 Å². The van der Waals surface area contributed by atoms with E-state index in [9.17, 15) is 9.59 Å². The molecule has 0 bridgehead atoms. The van der Waals surface area contributed by atoms with Crippen molar-refractivity contribution in [2.24, 2.45) is 11.1 Å². The van der Waals surface area contributed by atoms with Crippen molar-refractivity contribution in [2.45, 2.75) is 52.7 Å². The highest BCUT2D eigenvalue weighted by molar-refractivity contribution is 5.90. The highest BCUT2D eigenvalue weighted by Gasteiger charge is 2.38. The van der Waals surface area contributed by atoms with Crippen molar-refractivity contribution in [2.75, 3.05) is 19.8 Å². The number of rotatable bonds is 3. The molecule has 0 radical (unpaired) electrons. The molecule has 0 aromatic heterocycles. The Morgan fingerprint density at radius 3 is 2.45 bits per heavy atom. The quantitative estimate of drug-likeness (QED) is 0.771. The first kappa shape index (κ1) is 16.9. The van der Waals surface area contributed by atoms with Gasteiger partial charge in [-0.3, -0.25) is 9.59 Å². The minimum atomic E-state index is -0.630. The van der Waals surface area contributed by atoms with Gasteiger partial charge in [0.05, 0.1) is 19.3 Å². The number of carbonyl (C=O) groups is 2. The van der Waals surface area contributed by atoms with Gasteiger partial charge in [-0.25, -0.2) is 0 Å². The number of hydrogen-bond acceptors (Lipinski definition) is 4. The Morgan fingerprint density at radius 1 is 1.35 bits per heavy atom. The molecule has 1 saturated heterocycles. The van der Waals surface area contributed by atoms with E-state index in [4.69, 9.17) is 10.5 Å². The van der Waals surface area contributed by atoms with Crippen LogP contribution in [0.4, 0.5) is 0 Å². The van der Waals surface area contributed by atoms with E-state index in [1.54, 1.807) is 4.90 Å². The summed E-state index contributed by atoms with van der Waals surface area (Å²) in [4.78, 5) is 26.2. The Morgan fingerprint density at radius 2 is 1.95 bits per heavy atom. The number of carbonyl (C=O) groups excluding carboxylic acids is 2. The second-order valence-electron chi connectivity index (χ2n) is 6.63. The van der Waals surface area contributed by atoms with Gasteiger partial charge in [0, 0.05) is 12.6 Å². The first-order chi connectivity index (χ1) is 9.14. The molecule has 1 heterocycles. The van der Waals surface area contributed by atoms with Gasteiger partial charge in [0.1, 0.15) is 6.04 Å². The molecule has 0 aromatic carbocycles. The third kappa shape index (κ3) is 4.18. The molecule has 3 N–H and O–H groups in total. The average molecular weight is 285 g/mol. The summed E-state index contributed by atoms with van der Waals surface area (Å²) in [6, 6.07) is -1.19. The van der Waals surface area contributed by atoms with Crippen molar-refractivity contribution in [1.82, 2.24) is 10.2 Å². The molecule has 1 rings (SSSR count). The lowest BCUT2D eigenvalue weighted by atomic mass is 9.86. The summed E-state index contributed by atoms with van der Waals surface area (Å²) in [6.07, 6.45) is 0. The fourth-order valence-corrected chi connectivity index (χ4v) is 2.01. The van der Waals surface area contributed by atoms with Gasteiger partial charge in [-0.1, -0.05) is 20.8 Å². The fourth-order valence-electron chi connectivity index (χ4n) is 2.01. The Labute approximate surface area is 121 Å². The molecule has 1 aliphatic rings. The van der Waals surface area contributed by atoms with Crippen LogP contribution in [0.25, 0.3) is 0 Å². The second kappa shape index (κ2) is 6.54. The van der Waals surface area contributed by atoms with Crippen LogP contribution in [0.3, 0.4) is 0 Å². The number of amides is 2. The van der Waals surface area contributed by atoms with E-state index in [0.29, 0.717) is 13.2 Å². The molecule has 1 aliphatic heterocycles. The summed E-state index contributed by atoms with van der Waals surface area (Å²) in [5, 5.41) is 2.82. The summed E-state index contributed by atoms with van der Waals surface area (Å²) < 4.78 is 5.34. The minimum Gasteiger partial charge on any atom is -0.377 e. The zero-order valence-corrected chi connectivity index (χ0v) is 13.1. The Hall–Kier alpha value is -1.14. The molecule has 0 aliphatic carbocycles. The van der Waals surface area contributed by atoms with E-state index in [-0.39, 0.29) is 29.9 Å². The third-order valence-corrected chi connectivity index (χ3v) is 3.34. The Bertz CT molecular complexity index is 363. The molecular weight excluding hydrogens is 258 g/mol. The predicted octanol–water partition coefficient (Wildman–Crippen LogP) is 0.112. The summed E-state index contributed by atoms with van der Waals surface area (Å²) in [5.41, 5.74) is 5.69. The minimum absolute atomic E-state index is 0.0256. The van der Waals surface area contributed by atoms with Gasteiger partial charge in [0.15, 0.2) is 0 Å². The van der Waals surface area contributed by atoms with Crippen molar-refractivity contribution >= 4 is 11.8 Å². The summed E-state index contributed by atoms with van der Waals surface area (Å²) in [5.74, 6) is -0.376. The number of nitrogens with one attached hydrogen (secondary N) is 1. The summed E-state index contributed by atoms with van der Waals surface area (Å²) in [7, 11) is 0. The van der Waals surface area contributed by atoms with E-state index in [2.05, 4.69) is 5.32 Å². The van der Waals surface area contributed by atoms with Gasteiger partial charge in [-0.2, -0.15) is 0 Å². The number of hydrogen-bond donors (Lipinski definition) is 2. The monoisotopic (exact) mass is 285 g/mol. The van der Waals surface area contributed by atoms with Crippen molar-refractivity contribution < 1.29 is 14.3 Å². The molecule has 1 unspecified atom stereocenters. The zero-order chi connectivity index (χ0) is 15.5. The highest BCUT2D eigenvalue weighted by Crippen LogP contribution is 2.21. The molecule has 6 heteroatoms. The lowest BCUT2D eigenvalue weighted by Crippen LogP contribution is -2.61. The third-order valence-electron chi connectivity index (χ3n) is 3.34. The molecule has 0 saturated carbocycles. The first-order valence-electron chi connectivity index (χ1n) is 7.08. The molecule has 6 nitrogen and oxygen atoms in total. The molecule has 0 aromatic rings. The van der Waals surface area contributed by atoms with E-state index < -0.39 is 12.1 Å². The molecule has 2 amide bonds. The van der Waals surface area contributed by atoms with Gasteiger partial charge in [-0.05, 0) is 19.3 Å². The van der Waals surface area contributed by atoms with Crippen LogP contribution in [-0.4, -0.2) is 54.6 Å². The number of nitrogens with zero attached hydrogens (tertiary/aromatic N) is 1. The van der Waals surface area contributed by atoms with Crippen LogP contribution in [0.15, 0.2) is 0 Å². The topological polar surface area (TPSA) is 84.7 Å². The molecule has 116 valence electrons. The molecule has 20 heavy (non-hydrogen) atoms. The SMILES string of the molecule is CC(C)NC(=O)C1COCCN1C(=O)[C@H](N)C(C)(C)C. The highest BCUT2D eigenvalue weighted by atomic mass is 16.5. The molecule has 2 atom stereocenters. The smallest absolute Gasteiger partial charge is 0.245 e. The van der Waals surface area contributed by atoms with E-state index >= 15 is 0 Å². The number of nitrogens with two attached hydrogens (primary N) is 1. The lowest BCUT2D eigenvalue weighted by Gasteiger charge is -2.38. The normalized spacial score (nSPS) is 21.8. The standard InChI is InChI=1S/C14H27N3O3/c1-9(2)16-12(18)10-8-20-7-6-17(10)13(19)11(15)14(3,4)5/h9-11H,6-8,15H2,1-5H3,(H,16,18)/t10?,11-/m0/s1. The van der Waals surface area contributed by atoms with Crippen molar-refractivity contribution in [3.05, 3.63) is 0 Å². The Kier molecular flexibility index (Phi) is 5.53. The number of morpholine rings is 1. The van der Waals surface area contributed by atoms with Crippen LogP contribution in [0.2, 0.25) is 0 Å². The molecule has 0 spiro atoms. The predicted molar refractivity (Wildman–Crippen MR) is 77.0 cm³/mol. The van der Waals surface area contributed by atoms with Crippen LogP contribution in [0.5, 0.6) is 0 Å². The zero-order valence-electron chi connectivity index (χ0n) is 13.1. The maximum atomic E-state index is 12.5. The average Bonchev–Trinajstić information content (AvgIpc) is 2.35. The lowest BCUT2D eigenvalue weighted by molar-refractivity contribution is -0.151. The van der Waals surface area contributed by atoms with E-state index in [1.165, 1.54) is 0 Å². The van der Waals surface area contributed by atoms with Gasteiger partial charge in [0.2, 0.25) is 11.8 Å². The second-order valence-corrected chi connectivity index (χ2v) is 6.63. The number of ether oxygens (including phenoxy) is 1. The maximum absolute atomic E-state index is 12.5. The van der Waals surface area contributed by atoms with E-state index in [1.807, 2.05) is 34.6 Å². The van der Waals surface area contributed by atoms with Crippen LogP contribution >= 0.6 is 0 Å². The Balaban J connectivity index is 2.83.